The average Bonchev–Trinajstić information content (AvgIpc) is 2.33. The summed E-state index contributed by atoms with van der Waals surface area (Å²) in [5.41, 5.74) is 0. The number of benzene rings is 1. The predicted molar refractivity (Wildman–Crippen MR) is 146 cm³/mol. The van der Waals surface area contributed by atoms with Gasteiger partial charge in [-0.3, -0.25) is 0 Å². The molecule has 26 heavy (non-hydrogen) atoms. The van der Waals surface area contributed by atoms with Gasteiger partial charge in [0.25, 0.3) is 0 Å². The Morgan fingerprint density at radius 1 is 0.577 bits per heavy atom. The van der Waals surface area contributed by atoms with E-state index in [1.807, 2.05) is 18.2 Å². The van der Waals surface area contributed by atoms with Gasteiger partial charge in [-0.2, -0.15) is 0 Å². The summed E-state index contributed by atoms with van der Waals surface area (Å²) in [6.07, 6.45) is 0. The molecule has 0 spiro atoms. The number of hydrogen-bond donors (Lipinski definition) is 0. The van der Waals surface area contributed by atoms with Crippen molar-refractivity contribution in [2.75, 3.05) is 0 Å². The molecule has 0 aromatic heterocycles. The van der Waals surface area contributed by atoms with E-state index in [1.165, 1.54) is 11.6 Å². The Morgan fingerprint density at radius 2 is 0.846 bits per heavy atom. The van der Waals surface area contributed by atoms with Gasteiger partial charge in [0.05, 0.1) is 0 Å². The summed E-state index contributed by atoms with van der Waals surface area (Å²) < 4.78 is 3.71. The Labute approximate surface area is 189 Å². The first-order valence-electron chi connectivity index (χ1n) is 9.83. The molecule has 2 radical (unpaired) electrons. The number of rotatable bonds is 6. The molecule has 0 heterocycles. The van der Waals surface area contributed by atoms with Crippen LogP contribution >= 0.6 is 22.6 Å². The summed E-state index contributed by atoms with van der Waals surface area (Å²) >= 11 is 2.50. The van der Waals surface area contributed by atoms with E-state index in [2.05, 4.69) is 113 Å². The van der Waals surface area contributed by atoms with Crippen LogP contribution in [-0.4, -0.2) is 47.7 Å². The zero-order chi connectivity index (χ0) is 21.0. The molecule has 0 amide bonds. The van der Waals surface area contributed by atoms with E-state index in [4.69, 9.17) is 0 Å². The third-order valence-corrected chi connectivity index (χ3v) is 49.2. The average molecular weight is 595 g/mol. The molecule has 0 fully saturated rings. The second-order valence-electron chi connectivity index (χ2n) is 11.8. The minimum atomic E-state index is -0.981. The summed E-state index contributed by atoms with van der Waals surface area (Å²) in [6, 6.07) is 10.2. The van der Waals surface area contributed by atoms with E-state index in [0.717, 1.165) is 0 Å². The number of hydrogen-bond acceptors (Lipinski definition) is 0. The SMILES string of the molecule is C[Si](C)(C)[CH]([Ge][CH]([Si](C)(C)C)[Si](C)(C)C)[Si](C)(C)C.Ic1ccccc1. The molecule has 0 nitrogen and oxygen atoms in total. The third-order valence-electron chi connectivity index (χ3n) is 4.53. The van der Waals surface area contributed by atoms with Gasteiger partial charge in [0.1, 0.15) is 0 Å². The molecule has 0 bridgehead atoms. The Morgan fingerprint density at radius 3 is 1.00 bits per heavy atom. The molecule has 1 rings (SSSR count). The van der Waals surface area contributed by atoms with Crippen LogP contribution in [-0.2, 0) is 0 Å². The third kappa shape index (κ3) is 10.8. The Bertz CT molecular complexity index is 464. The minimum absolute atomic E-state index is 0.219. The Hall–Kier alpha value is 1.36. The molecule has 0 unspecified atom stereocenters. The van der Waals surface area contributed by atoms with Crippen LogP contribution in [0.5, 0.6) is 0 Å². The van der Waals surface area contributed by atoms with Crippen LogP contribution in [0.15, 0.2) is 30.3 Å². The maximum Gasteiger partial charge on any atom is 0.0130 e. The van der Waals surface area contributed by atoms with Gasteiger partial charge in [-0.15, -0.1) is 0 Å². The van der Waals surface area contributed by atoms with Crippen LogP contribution in [0.25, 0.3) is 0 Å². The van der Waals surface area contributed by atoms with E-state index in [9.17, 15) is 0 Å². The first kappa shape index (κ1) is 27.4. The molecule has 0 saturated carbocycles. The van der Waals surface area contributed by atoms with Crippen molar-refractivity contribution in [3.8, 4) is 0 Å². The van der Waals surface area contributed by atoms with Gasteiger partial charge in [0.2, 0.25) is 0 Å². The van der Waals surface area contributed by atoms with Crippen LogP contribution in [0.4, 0.5) is 0 Å². The van der Waals surface area contributed by atoms with Crippen molar-refractivity contribution in [2.45, 2.75) is 86.6 Å². The molecule has 0 aliphatic carbocycles. The normalized spacial score (nSPS) is 13.7. The monoisotopic (exact) mass is 596 g/mol. The smallest absolute Gasteiger partial charge is 0.0130 e. The van der Waals surface area contributed by atoms with Crippen LogP contribution < -0.4 is 0 Å². The van der Waals surface area contributed by atoms with Crippen LogP contribution in [0, 0.1) is 3.57 Å². The quantitative estimate of drug-likeness (QED) is 0.231. The standard InChI is InChI=1S/C14H38GeSi4.C6H5I/c1-16(2,3)13(17(4,5)6)15-14(18(7,8)9)19(10,11)12;7-6-4-2-1-3-5-6/h13-14H,1-12H3;1-5H. The fourth-order valence-electron chi connectivity index (χ4n) is 4.18. The van der Waals surface area contributed by atoms with E-state index < -0.39 is 32.3 Å². The van der Waals surface area contributed by atoms with Crippen LogP contribution in [0.3, 0.4) is 0 Å². The zero-order valence-corrected chi connectivity index (χ0v) is 27.7. The molecule has 0 N–H and O–H groups in total. The van der Waals surface area contributed by atoms with Gasteiger partial charge >= 0.3 is 134 Å². The van der Waals surface area contributed by atoms with Gasteiger partial charge in [0.15, 0.2) is 0 Å². The molecular weight excluding hydrogens is 552 g/mol. The summed E-state index contributed by atoms with van der Waals surface area (Å²) in [7, 11) is -3.92. The van der Waals surface area contributed by atoms with E-state index in [-0.39, 0.29) is 15.4 Å². The van der Waals surface area contributed by atoms with Gasteiger partial charge in [-0.1, -0.05) is 18.2 Å². The fourth-order valence-corrected chi connectivity index (χ4v) is 47.6. The van der Waals surface area contributed by atoms with E-state index in [0.29, 0.717) is 0 Å². The zero-order valence-electron chi connectivity index (χ0n) is 19.4. The molecule has 1 aromatic rings. The topological polar surface area (TPSA) is 0 Å². The van der Waals surface area contributed by atoms with Crippen LogP contribution in [0.2, 0.25) is 86.6 Å². The van der Waals surface area contributed by atoms with Gasteiger partial charge in [-0.25, -0.2) is 0 Å². The van der Waals surface area contributed by atoms with Crippen molar-refractivity contribution in [2.24, 2.45) is 0 Å². The maximum atomic E-state index is 2.64. The van der Waals surface area contributed by atoms with E-state index in [1.54, 1.807) is 0 Å². The molecule has 0 aliphatic heterocycles. The summed E-state index contributed by atoms with van der Waals surface area (Å²) in [5.74, 6) is 0. The minimum Gasteiger partial charge on any atom is -0.0622 e. The molecular formula is C20H43GeISi4. The van der Waals surface area contributed by atoms with Gasteiger partial charge < -0.3 is 0 Å². The van der Waals surface area contributed by atoms with Crippen molar-refractivity contribution in [3.63, 3.8) is 0 Å². The fraction of sp³-hybridized carbons (Fsp3) is 0.700. The van der Waals surface area contributed by atoms with Crippen molar-refractivity contribution >= 4 is 70.3 Å². The molecule has 6 heteroatoms. The largest absolute Gasteiger partial charge is 0.0622 e. The molecule has 0 aliphatic rings. The molecule has 0 atom stereocenters. The van der Waals surface area contributed by atoms with Crippen molar-refractivity contribution in [1.82, 2.24) is 0 Å². The molecule has 1 aromatic carbocycles. The maximum absolute atomic E-state index is 2.64. The second kappa shape index (κ2) is 10.4. The molecule has 150 valence electrons. The summed E-state index contributed by atoms with van der Waals surface area (Å²) in [4.78, 5) is 0. The predicted octanol–water partition coefficient (Wildman–Crippen LogP) is 8.07. The van der Waals surface area contributed by atoms with E-state index >= 15 is 0 Å². The first-order valence-corrected chi connectivity index (χ1v) is 27.6. The summed E-state index contributed by atoms with van der Waals surface area (Å²) in [5, 5.41) is 0. The van der Waals surface area contributed by atoms with Gasteiger partial charge in [-0.05, 0) is 34.7 Å². The Balaban J connectivity index is 0.000000735. The van der Waals surface area contributed by atoms with Crippen LogP contribution in [0.1, 0.15) is 0 Å². The Kier molecular flexibility index (Phi) is 11.0. The van der Waals surface area contributed by atoms with Crippen molar-refractivity contribution < 1.29 is 0 Å². The van der Waals surface area contributed by atoms with Crippen molar-refractivity contribution in [1.29, 1.82) is 0 Å². The second-order valence-corrected chi connectivity index (χ2v) is 43.4. The van der Waals surface area contributed by atoms with Gasteiger partial charge in [0, 0.05) is 3.57 Å². The van der Waals surface area contributed by atoms with Crippen molar-refractivity contribution in [3.05, 3.63) is 33.9 Å². The number of halogens is 1. The molecule has 0 saturated heterocycles. The summed E-state index contributed by atoms with van der Waals surface area (Å²) in [6.45, 7) is 31.7. The first-order chi connectivity index (χ1) is 11.4.